The van der Waals surface area contributed by atoms with Crippen molar-refractivity contribution >= 4 is 50.6 Å². The van der Waals surface area contributed by atoms with Crippen molar-refractivity contribution in [2.45, 2.75) is 6.42 Å². The molecule has 0 aliphatic heterocycles. The molecule has 0 heterocycles. The first-order chi connectivity index (χ1) is 5.63. The Morgan fingerprint density at radius 1 is 1.33 bits per heavy atom. The molecule has 1 aliphatic carbocycles. The predicted octanol–water partition coefficient (Wildman–Crippen LogP) is 3.56. The quantitative estimate of drug-likeness (QED) is 0.504. The third-order valence-electron chi connectivity index (χ3n) is 1.19. The van der Waals surface area contributed by atoms with Crippen molar-refractivity contribution in [1.29, 1.82) is 0 Å². The van der Waals surface area contributed by atoms with E-state index in [1.165, 1.54) is 0 Å². The molecule has 5 heteroatoms. The summed E-state index contributed by atoms with van der Waals surface area (Å²) in [5, 5.41) is 0. The molecular formula is C7H5CoI2O2. The van der Waals surface area contributed by atoms with Crippen LogP contribution in [0.5, 0.6) is 0 Å². The first kappa shape index (κ1) is 10.9. The summed E-state index contributed by atoms with van der Waals surface area (Å²) in [5.41, 5.74) is 0. The molecule has 1 aliphatic rings. The predicted molar refractivity (Wildman–Crippen MR) is 60.7 cm³/mol. The molecule has 0 saturated heterocycles. The van der Waals surface area contributed by atoms with E-state index in [0.29, 0.717) is 0 Å². The topological polar surface area (TPSA) is 34.1 Å². The second-order valence-corrected chi connectivity index (χ2v) is 8.00. The Hall–Kier alpha value is 0.786. The van der Waals surface area contributed by atoms with Crippen LogP contribution in [0.15, 0.2) is 22.7 Å². The summed E-state index contributed by atoms with van der Waals surface area (Å²) in [7, 11) is 0. The summed E-state index contributed by atoms with van der Waals surface area (Å²) < 4.78 is 0.908. The zero-order valence-electron chi connectivity index (χ0n) is 5.84. The molecule has 0 fully saturated rings. The van der Waals surface area contributed by atoms with Gasteiger partial charge < -0.3 is 0 Å². The summed E-state index contributed by atoms with van der Waals surface area (Å²) in [6.45, 7) is 0. The van der Waals surface area contributed by atoms with Crippen molar-refractivity contribution in [2.75, 3.05) is 0 Å². The van der Waals surface area contributed by atoms with Gasteiger partial charge >= 0.3 is 103 Å². The van der Waals surface area contributed by atoms with Gasteiger partial charge in [0.1, 0.15) is 0 Å². The molecule has 0 atom stereocenters. The molecule has 68 valence electrons. The summed E-state index contributed by atoms with van der Waals surface area (Å²) in [6.07, 6.45) is 6.48. The third-order valence-corrected chi connectivity index (χ3v) is 6.02. The molecule has 2 nitrogen and oxygen atoms in total. The number of allylic oxidation sites excluding steroid dienone is 4. The fourth-order valence-electron chi connectivity index (χ4n) is 0.755. The van der Waals surface area contributed by atoms with E-state index in [-0.39, 0.29) is 5.45 Å². The van der Waals surface area contributed by atoms with E-state index < -0.39 is 13.7 Å². The number of carbonyl (C=O) groups is 2. The van der Waals surface area contributed by atoms with Crippen LogP contribution in [-0.4, -0.2) is 5.45 Å². The zero-order valence-corrected chi connectivity index (χ0v) is 11.2. The van der Waals surface area contributed by atoms with E-state index in [4.69, 9.17) is 0 Å². The minimum atomic E-state index is -1.16. The van der Waals surface area contributed by atoms with Crippen molar-refractivity contribution in [3.05, 3.63) is 22.7 Å². The SMILES string of the molecule is O=[C](I)[Co]([C](=O)I)[C]1=CC=CC1. The van der Waals surface area contributed by atoms with Gasteiger partial charge in [0.15, 0.2) is 0 Å². The molecule has 0 spiro atoms. The maximum atomic E-state index is 11.1. The Morgan fingerprint density at radius 2 is 1.92 bits per heavy atom. The molecule has 0 saturated carbocycles. The van der Waals surface area contributed by atoms with Crippen molar-refractivity contribution in [2.24, 2.45) is 0 Å². The molecule has 0 unspecified atom stereocenters. The number of rotatable bonds is 3. The molecule has 0 aromatic rings. The molecular weight excluding hydrogens is 429 g/mol. The molecule has 0 radical (unpaired) electrons. The summed E-state index contributed by atoms with van der Waals surface area (Å²) >= 11 is 2.25. The summed E-state index contributed by atoms with van der Waals surface area (Å²) in [5.74, 6) is 0. The molecule has 0 N–H and O–H groups in total. The summed E-state index contributed by atoms with van der Waals surface area (Å²) in [4.78, 5) is 22.2. The van der Waals surface area contributed by atoms with E-state index in [1.807, 2.05) is 18.2 Å². The van der Waals surface area contributed by atoms with Crippen LogP contribution in [-0.2, 0) is 13.7 Å². The second-order valence-electron chi connectivity index (χ2n) is 1.88. The Labute approximate surface area is 102 Å². The number of halogens is 2. The Morgan fingerprint density at radius 3 is 2.25 bits per heavy atom. The second kappa shape index (κ2) is 4.87. The van der Waals surface area contributed by atoms with E-state index in [0.717, 1.165) is 10.9 Å². The number of hydrogen-bond donors (Lipinski definition) is 0. The van der Waals surface area contributed by atoms with Crippen LogP contribution in [0.2, 0.25) is 0 Å². The monoisotopic (exact) mass is 434 g/mol. The van der Waals surface area contributed by atoms with Crippen molar-refractivity contribution in [1.82, 2.24) is 0 Å². The van der Waals surface area contributed by atoms with Crippen LogP contribution < -0.4 is 0 Å². The average molecular weight is 434 g/mol. The first-order valence-electron chi connectivity index (χ1n) is 3.00. The Balaban J connectivity index is 2.80. The van der Waals surface area contributed by atoms with Gasteiger partial charge in [0.05, 0.1) is 0 Å². The van der Waals surface area contributed by atoms with Crippen molar-refractivity contribution in [3.8, 4) is 0 Å². The van der Waals surface area contributed by atoms with E-state index in [1.54, 1.807) is 45.2 Å². The van der Waals surface area contributed by atoms with Gasteiger partial charge in [-0.1, -0.05) is 0 Å². The van der Waals surface area contributed by atoms with Crippen LogP contribution in [0.3, 0.4) is 0 Å². The normalized spacial score (nSPS) is 15.8. The van der Waals surface area contributed by atoms with Crippen LogP contribution in [0.1, 0.15) is 6.42 Å². The van der Waals surface area contributed by atoms with Crippen LogP contribution >= 0.6 is 45.2 Å². The molecule has 0 amide bonds. The third kappa shape index (κ3) is 2.64. The Bertz CT molecular complexity index is 269. The molecule has 1 rings (SSSR count). The number of hydrogen-bond acceptors (Lipinski definition) is 2. The number of carbonyl (C=O) groups excluding carboxylic acids is 2. The molecule has 0 aromatic heterocycles. The van der Waals surface area contributed by atoms with Gasteiger partial charge in [-0.25, -0.2) is 0 Å². The molecule has 0 aromatic carbocycles. The van der Waals surface area contributed by atoms with Crippen LogP contribution in [0.25, 0.3) is 0 Å². The minimum absolute atomic E-state index is 0.0329. The van der Waals surface area contributed by atoms with Crippen LogP contribution in [0.4, 0.5) is 9.59 Å². The first-order valence-corrected chi connectivity index (χ1v) is 6.72. The van der Waals surface area contributed by atoms with Crippen molar-refractivity contribution < 1.29 is 23.2 Å². The van der Waals surface area contributed by atoms with Gasteiger partial charge in [-0.05, 0) is 0 Å². The maximum absolute atomic E-state index is 11.1. The van der Waals surface area contributed by atoms with E-state index in [9.17, 15) is 9.59 Å². The van der Waals surface area contributed by atoms with Gasteiger partial charge in [0, 0.05) is 0 Å². The zero-order chi connectivity index (χ0) is 9.14. The molecule has 12 heavy (non-hydrogen) atoms. The van der Waals surface area contributed by atoms with Gasteiger partial charge in [-0.2, -0.15) is 0 Å². The van der Waals surface area contributed by atoms with E-state index in [2.05, 4.69) is 0 Å². The van der Waals surface area contributed by atoms with Crippen molar-refractivity contribution in [3.63, 3.8) is 0 Å². The summed E-state index contributed by atoms with van der Waals surface area (Å²) in [6, 6.07) is 0. The van der Waals surface area contributed by atoms with Crippen LogP contribution in [0, 0.1) is 0 Å². The Kier molecular flexibility index (Phi) is 4.41. The van der Waals surface area contributed by atoms with Gasteiger partial charge in [0.2, 0.25) is 0 Å². The van der Waals surface area contributed by atoms with E-state index >= 15 is 0 Å². The van der Waals surface area contributed by atoms with Gasteiger partial charge in [-0.3, -0.25) is 0 Å². The fraction of sp³-hybridized carbons (Fsp3) is 0.143. The average Bonchev–Trinajstić information content (AvgIpc) is 2.37. The fourth-order valence-corrected chi connectivity index (χ4v) is 6.72. The standard InChI is InChI=1S/C5H5.2CIO.Co/c1-2-4-5-3-1;2*2-1-3;/h1-3H,4H2;;;. The van der Waals surface area contributed by atoms with Gasteiger partial charge in [0.25, 0.3) is 0 Å². The molecule has 0 bridgehead atoms. The van der Waals surface area contributed by atoms with Gasteiger partial charge in [-0.15, -0.1) is 0 Å².